The van der Waals surface area contributed by atoms with E-state index in [1.54, 1.807) is 6.08 Å². The highest BCUT2D eigenvalue weighted by Crippen LogP contribution is 2.71. The fraction of sp³-hybridized carbons (Fsp3) is 0.720. The van der Waals surface area contributed by atoms with Gasteiger partial charge in [0.2, 0.25) is 0 Å². The van der Waals surface area contributed by atoms with Crippen LogP contribution in [0.15, 0.2) is 23.3 Å². The standard InChI is InChI=1S/C25H32O7/c1-12-13(7-9-26)10-14-18(12)25(4)15(11-17(28)30-5)24(3)16(27)6-8-23(2)20(24)19(21(25)31-14)32-22(23)29/h6,8,13-15,19-21,26H,7,9-11H2,1-5H3/t13-,14-,15-,19-,20?,21-,23-,24+,25-/m1/s1. The number of hydrogen-bond acceptors (Lipinski definition) is 7. The molecular formula is C25H32O7. The van der Waals surface area contributed by atoms with Gasteiger partial charge in [0.25, 0.3) is 0 Å². The summed E-state index contributed by atoms with van der Waals surface area (Å²) in [5.41, 5.74) is -0.318. The van der Waals surface area contributed by atoms with E-state index in [1.165, 1.54) is 13.2 Å². The third-order valence-corrected chi connectivity index (χ3v) is 9.58. The number of allylic oxidation sites excluding steroid dienone is 2. The van der Waals surface area contributed by atoms with Gasteiger partial charge in [0.05, 0.1) is 25.0 Å². The molecule has 1 saturated carbocycles. The van der Waals surface area contributed by atoms with Crippen molar-refractivity contribution in [2.45, 2.75) is 65.3 Å². The lowest BCUT2D eigenvalue weighted by Crippen LogP contribution is -2.66. The van der Waals surface area contributed by atoms with Crippen LogP contribution in [-0.2, 0) is 28.6 Å². The normalized spacial score (nSPS) is 48.4. The van der Waals surface area contributed by atoms with E-state index >= 15 is 0 Å². The second-order valence-electron chi connectivity index (χ2n) is 10.8. The summed E-state index contributed by atoms with van der Waals surface area (Å²) in [4.78, 5) is 39.3. The van der Waals surface area contributed by atoms with Gasteiger partial charge in [0.15, 0.2) is 5.78 Å². The first kappa shape index (κ1) is 21.8. The molecule has 3 aliphatic carbocycles. The third-order valence-electron chi connectivity index (χ3n) is 9.58. The van der Waals surface area contributed by atoms with Crippen LogP contribution in [0.25, 0.3) is 0 Å². The zero-order valence-electron chi connectivity index (χ0n) is 19.3. The molecule has 2 saturated heterocycles. The molecule has 1 N–H and O–H groups in total. The molecule has 5 rings (SSSR count). The van der Waals surface area contributed by atoms with Gasteiger partial charge in [-0.15, -0.1) is 0 Å². The molecule has 0 bridgehead atoms. The predicted molar refractivity (Wildman–Crippen MR) is 113 cm³/mol. The van der Waals surface area contributed by atoms with Crippen LogP contribution >= 0.6 is 0 Å². The Labute approximate surface area is 188 Å². The summed E-state index contributed by atoms with van der Waals surface area (Å²) in [6.07, 6.45) is 3.48. The fourth-order valence-electron chi connectivity index (χ4n) is 8.11. The van der Waals surface area contributed by atoms with Gasteiger partial charge in [-0.3, -0.25) is 14.4 Å². The molecule has 0 aromatic rings. The number of aliphatic hydroxyl groups excluding tert-OH is 1. The summed E-state index contributed by atoms with van der Waals surface area (Å²) in [7, 11) is 1.36. The zero-order valence-corrected chi connectivity index (χ0v) is 19.3. The number of aliphatic hydroxyl groups is 1. The summed E-state index contributed by atoms with van der Waals surface area (Å²) < 4.78 is 17.7. The first-order valence-electron chi connectivity index (χ1n) is 11.5. The lowest BCUT2D eigenvalue weighted by Gasteiger charge is -2.59. The number of rotatable bonds is 4. The number of esters is 2. The van der Waals surface area contributed by atoms with Crippen molar-refractivity contribution in [2.24, 2.45) is 34.0 Å². The minimum atomic E-state index is -0.986. The average Bonchev–Trinajstić information content (AvgIpc) is 3.32. The highest BCUT2D eigenvalue weighted by atomic mass is 16.6. The van der Waals surface area contributed by atoms with Crippen molar-refractivity contribution in [1.82, 2.24) is 0 Å². The fourth-order valence-corrected chi connectivity index (χ4v) is 8.11. The van der Waals surface area contributed by atoms with Gasteiger partial charge < -0.3 is 19.3 Å². The molecule has 5 aliphatic rings. The predicted octanol–water partition coefficient (Wildman–Crippen LogP) is 2.36. The van der Waals surface area contributed by atoms with Crippen LogP contribution in [0.4, 0.5) is 0 Å². The first-order valence-corrected chi connectivity index (χ1v) is 11.5. The van der Waals surface area contributed by atoms with E-state index in [4.69, 9.17) is 14.2 Å². The summed E-state index contributed by atoms with van der Waals surface area (Å²) in [6, 6.07) is 0. The Kier molecular flexibility index (Phi) is 4.61. The maximum atomic E-state index is 13.6. The SMILES string of the molecule is COC(=O)C[C@H]1[C@]2(C)C3=C(C)[C@H](CCO)C[C@H]3O[C@@H]2[C@@H]2OC(=O)[C@]3(C)C=CC(=O)[C@@]1(C)C23. The van der Waals surface area contributed by atoms with Crippen molar-refractivity contribution >= 4 is 17.7 Å². The van der Waals surface area contributed by atoms with Gasteiger partial charge in [-0.1, -0.05) is 25.5 Å². The van der Waals surface area contributed by atoms with Crippen LogP contribution in [0.3, 0.4) is 0 Å². The van der Waals surface area contributed by atoms with Crippen molar-refractivity contribution < 1.29 is 33.7 Å². The van der Waals surface area contributed by atoms with Crippen molar-refractivity contribution in [1.29, 1.82) is 0 Å². The molecule has 1 unspecified atom stereocenters. The van der Waals surface area contributed by atoms with Crippen molar-refractivity contribution in [2.75, 3.05) is 13.7 Å². The Hall–Kier alpha value is -1.99. The molecular weight excluding hydrogens is 412 g/mol. The van der Waals surface area contributed by atoms with Gasteiger partial charge in [0, 0.05) is 23.4 Å². The molecule has 0 aromatic carbocycles. The second kappa shape index (κ2) is 6.76. The number of ether oxygens (including phenoxy) is 3. The monoisotopic (exact) mass is 444 g/mol. The van der Waals surface area contributed by atoms with E-state index in [2.05, 4.69) is 13.8 Å². The maximum absolute atomic E-state index is 13.6. The minimum absolute atomic E-state index is 0.0601. The molecule has 2 heterocycles. The summed E-state index contributed by atoms with van der Waals surface area (Å²) in [5.74, 6) is -1.43. The number of carbonyl (C=O) groups is 3. The molecule has 32 heavy (non-hydrogen) atoms. The molecule has 174 valence electrons. The molecule has 7 heteroatoms. The molecule has 0 aromatic heterocycles. The van der Waals surface area contributed by atoms with E-state index in [1.807, 2.05) is 13.8 Å². The van der Waals surface area contributed by atoms with E-state index in [0.717, 1.165) is 17.6 Å². The van der Waals surface area contributed by atoms with Crippen LogP contribution < -0.4 is 0 Å². The van der Waals surface area contributed by atoms with Crippen molar-refractivity contribution in [3.8, 4) is 0 Å². The topological polar surface area (TPSA) is 99.1 Å². The maximum Gasteiger partial charge on any atom is 0.316 e. The number of fused-ring (bicyclic) bond motifs is 4. The largest absolute Gasteiger partial charge is 0.469 e. The lowest BCUT2D eigenvalue weighted by atomic mass is 9.42. The molecule has 3 fully saturated rings. The van der Waals surface area contributed by atoms with Gasteiger partial charge in [-0.25, -0.2) is 0 Å². The van der Waals surface area contributed by atoms with Crippen molar-refractivity contribution in [3.63, 3.8) is 0 Å². The molecule has 2 aliphatic heterocycles. The van der Waals surface area contributed by atoms with E-state index in [0.29, 0.717) is 6.42 Å². The average molecular weight is 445 g/mol. The van der Waals surface area contributed by atoms with Gasteiger partial charge in [0.1, 0.15) is 12.2 Å². The van der Waals surface area contributed by atoms with Gasteiger partial charge >= 0.3 is 11.9 Å². The molecule has 0 radical (unpaired) electrons. The summed E-state index contributed by atoms with van der Waals surface area (Å²) in [6.45, 7) is 7.97. The van der Waals surface area contributed by atoms with Gasteiger partial charge in [-0.05, 0) is 50.2 Å². The molecule has 9 atom stereocenters. The van der Waals surface area contributed by atoms with E-state index in [-0.39, 0.29) is 42.8 Å². The second-order valence-corrected chi connectivity index (χ2v) is 10.8. The van der Waals surface area contributed by atoms with Crippen LogP contribution in [0.5, 0.6) is 0 Å². The van der Waals surface area contributed by atoms with Crippen LogP contribution in [-0.4, -0.2) is 54.9 Å². The highest BCUT2D eigenvalue weighted by Gasteiger charge is 2.77. The third kappa shape index (κ3) is 2.36. The van der Waals surface area contributed by atoms with E-state index < -0.39 is 40.3 Å². The van der Waals surface area contributed by atoms with Crippen LogP contribution in [0.1, 0.15) is 47.0 Å². The van der Waals surface area contributed by atoms with Crippen LogP contribution in [0, 0.1) is 34.0 Å². The summed E-state index contributed by atoms with van der Waals surface area (Å²) >= 11 is 0. The Morgan fingerprint density at radius 1 is 1.25 bits per heavy atom. The number of methoxy groups -OCH3 is 1. The number of hydrogen-bond donors (Lipinski definition) is 1. The number of ketones is 1. The summed E-state index contributed by atoms with van der Waals surface area (Å²) in [5, 5.41) is 9.55. The zero-order chi connectivity index (χ0) is 23.2. The molecule has 0 spiro atoms. The highest BCUT2D eigenvalue weighted by molar-refractivity contribution is 6.00. The Morgan fingerprint density at radius 2 is 1.97 bits per heavy atom. The van der Waals surface area contributed by atoms with Crippen LogP contribution in [0.2, 0.25) is 0 Å². The molecule has 0 amide bonds. The Morgan fingerprint density at radius 3 is 2.62 bits per heavy atom. The smallest absolute Gasteiger partial charge is 0.316 e. The van der Waals surface area contributed by atoms with E-state index in [9.17, 15) is 19.5 Å². The number of carbonyl (C=O) groups excluding carboxylic acids is 3. The Bertz CT molecular complexity index is 965. The van der Waals surface area contributed by atoms with Crippen molar-refractivity contribution in [3.05, 3.63) is 23.3 Å². The minimum Gasteiger partial charge on any atom is -0.469 e. The Balaban J connectivity index is 1.74. The quantitative estimate of drug-likeness (QED) is 0.525. The van der Waals surface area contributed by atoms with Gasteiger partial charge in [-0.2, -0.15) is 0 Å². The first-order chi connectivity index (χ1) is 15.0. The lowest BCUT2D eigenvalue weighted by molar-refractivity contribution is -0.190. The molecule has 7 nitrogen and oxygen atoms in total.